The zero-order valence-corrected chi connectivity index (χ0v) is 11.5. The van der Waals surface area contributed by atoms with Crippen LogP contribution in [-0.4, -0.2) is 19.0 Å². The largest absolute Gasteiger partial charge is 0.352 e. The van der Waals surface area contributed by atoms with Crippen molar-refractivity contribution < 1.29 is 4.79 Å². The molecule has 0 aromatic heterocycles. The molecule has 0 bridgehead atoms. The van der Waals surface area contributed by atoms with Crippen LogP contribution in [0.1, 0.15) is 48.0 Å². The lowest BCUT2D eigenvalue weighted by molar-refractivity contribution is 0.0950. The highest BCUT2D eigenvalue weighted by Crippen LogP contribution is 2.26. The first-order valence-electron chi connectivity index (χ1n) is 7.37. The fourth-order valence-electron chi connectivity index (χ4n) is 2.90. The van der Waals surface area contributed by atoms with Crippen LogP contribution >= 0.6 is 0 Å². The first-order valence-corrected chi connectivity index (χ1v) is 7.37. The number of benzene rings is 1. The molecular formula is C16H24N2O. The molecule has 1 saturated carbocycles. The number of hydrogen-bond donors (Lipinski definition) is 2. The summed E-state index contributed by atoms with van der Waals surface area (Å²) in [5.74, 6) is 0.863. The number of carbonyl (C=O) groups excluding carboxylic acids is 1. The van der Waals surface area contributed by atoms with Crippen molar-refractivity contribution in [3.05, 3.63) is 35.4 Å². The van der Waals surface area contributed by atoms with E-state index in [4.69, 9.17) is 5.73 Å². The van der Waals surface area contributed by atoms with Crippen LogP contribution in [0, 0.1) is 5.92 Å². The van der Waals surface area contributed by atoms with Gasteiger partial charge < -0.3 is 11.1 Å². The highest BCUT2D eigenvalue weighted by atomic mass is 16.1. The van der Waals surface area contributed by atoms with Crippen molar-refractivity contribution in [2.24, 2.45) is 11.7 Å². The van der Waals surface area contributed by atoms with Crippen LogP contribution in [-0.2, 0) is 6.42 Å². The highest BCUT2D eigenvalue weighted by molar-refractivity contribution is 5.95. The Morgan fingerprint density at radius 3 is 2.74 bits per heavy atom. The SMILES string of the molecule is NCCc1ccccc1C(=O)NCCC1CCCC1. The van der Waals surface area contributed by atoms with E-state index in [-0.39, 0.29) is 5.91 Å². The van der Waals surface area contributed by atoms with Crippen LogP contribution in [0.25, 0.3) is 0 Å². The van der Waals surface area contributed by atoms with Gasteiger partial charge in [-0.3, -0.25) is 4.79 Å². The molecule has 0 spiro atoms. The highest BCUT2D eigenvalue weighted by Gasteiger charge is 2.15. The second kappa shape index (κ2) is 7.29. The number of rotatable bonds is 6. The smallest absolute Gasteiger partial charge is 0.251 e. The second-order valence-electron chi connectivity index (χ2n) is 5.39. The average Bonchev–Trinajstić information content (AvgIpc) is 2.93. The fraction of sp³-hybridized carbons (Fsp3) is 0.562. The minimum Gasteiger partial charge on any atom is -0.352 e. The Kier molecular flexibility index (Phi) is 5.40. The van der Waals surface area contributed by atoms with E-state index >= 15 is 0 Å². The van der Waals surface area contributed by atoms with Gasteiger partial charge in [0, 0.05) is 12.1 Å². The Morgan fingerprint density at radius 2 is 2.00 bits per heavy atom. The Bertz CT molecular complexity index is 411. The number of nitrogens with two attached hydrogens (primary N) is 1. The molecule has 0 heterocycles. The van der Waals surface area contributed by atoms with Crippen molar-refractivity contribution in [3.8, 4) is 0 Å². The van der Waals surface area contributed by atoms with Crippen LogP contribution in [0.3, 0.4) is 0 Å². The van der Waals surface area contributed by atoms with Crippen molar-refractivity contribution in [2.75, 3.05) is 13.1 Å². The molecule has 1 amide bonds. The summed E-state index contributed by atoms with van der Waals surface area (Å²) in [5.41, 5.74) is 7.40. The minimum absolute atomic E-state index is 0.0436. The van der Waals surface area contributed by atoms with Crippen LogP contribution < -0.4 is 11.1 Å². The maximum absolute atomic E-state index is 12.2. The molecule has 3 nitrogen and oxygen atoms in total. The number of hydrogen-bond acceptors (Lipinski definition) is 2. The molecule has 0 radical (unpaired) electrons. The van der Waals surface area contributed by atoms with Gasteiger partial charge in [-0.05, 0) is 36.9 Å². The molecule has 3 N–H and O–H groups in total. The molecule has 1 fully saturated rings. The van der Waals surface area contributed by atoms with E-state index in [2.05, 4.69) is 5.32 Å². The topological polar surface area (TPSA) is 55.1 Å². The van der Waals surface area contributed by atoms with Gasteiger partial charge in [-0.15, -0.1) is 0 Å². The predicted molar refractivity (Wildman–Crippen MR) is 78.1 cm³/mol. The lowest BCUT2D eigenvalue weighted by Gasteiger charge is -2.12. The Hall–Kier alpha value is -1.35. The number of nitrogens with one attached hydrogen (secondary N) is 1. The molecule has 104 valence electrons. The quantitative estimate of drug-likeness (QED) is 0.825. The van der Waals surface area contributed by atoms with Crippen LogP contribution in [0.15, 0.2) is 24.3 Å². The second-order valence-corrected chi connectivity index (χ2v) is 5.39. The number of amides is 1. The molecule has 0 saturated heterocycles. The van der Waals surface area contributed by atoms with E-state index < -0.39 is 0 Å². The van der Waals surface area contributed by atoms with Crippen molar-refractivity contribution >= 4 is 5.91 Å². The van der Waals surface area contributed by atoms with Gasteiger partial charge in [-0.2, -0.15) is 0 Å². The molecule has 1 aromatic rings. The summed E-state index contributed by atoms with van der Waals surface area (Å²) in [6.45, 7) is 1.37. The molecule has 1 aromatic carbocycles. The maximum atomic E-state index is 12.2. The molecule has 0 aliphatic heterocycles. The van der Waals surface area contributed by atoms with Gasteiger partial charge in [0.25, 0.3) is 5.91 Å². The van der Waals surface area contributed by atoms with Crippen molar-refractivity contribution in [3.63, 3.8) is 0 Å². The molecular weight excluding hydrogens is 236 g/mol. The van der Waals surface area contributed by atoms with Gasteiger partial charge >= 0.3 is 0 Å². The van der Waals surface area contributed by atoms with Gasteiger partial charge in [0.15, 0.2) is 0 Å². The molecule has 0 unspecified atom stereocenters. The first-order chi connectivity index (χ1) is 9.31. The Morgan fingerprint density at radius 1 is 1.26 bits per heavy atom. The monoisotopic (exact) mass is 260 g/mol. The third kappa shape index (κ3) is 4.06. The van der Waals surface area contributed by atoms with E-state index in [1.54, 1.807) is 0 Å². The van der Waals surface area contributed by atoms with Crippen molar-refractivity contribution in [1.29, 1.82) is 0 Å². The van der Waals surface area contributed by atoms with E-state index in [0.29, 0.717) is 6.54 Å². The predicted octanol–water partition coefficient (Wildman–Crippen LogP) is 2.50. The summed E-state index contributed by atoms with van der Waals surface area (Å²) < 4.78 is 0. The summed E-state index contributed by atoms with van der Waals surface area (Å²) >= 11 is 0. The lowest BCUT2D eigenvalue weighted by atomic mass is 10.0. The molecule has 1 aliphatic carbocycles. The fourth-order valence-corrected chi connectivity index (χ4v) is 2.90. The summed E-state index contributed by atoms with van der Waals surface area (Å²) in [7, 11) is 0. The molecule has 3 heteroatoms. The van der Waals surface area contributed by atoms with Crippen molar-refractivity contribution in [2.45, 2.75) is 38.5 Å². The van der Waals surface area contributed by atoms with Crippen molar-refractivity contribution in [1.82, 2.24) is 5.32 Å². The van der Waals surface area contributed by atoms with Gasteiger partial charge in [0.2, 0.25) is 0 Å². The zero-order chi connectivity index (χ0) is 13.5. The minimum atomic E-state index is 0.0436. The standard InChI is InChI=1S/C16H24N2O/c17-11-9-14-7-3-4-8-15(14)16(19)18-12-10-13-5-1-2-6-13/h3-4,7-8,13H,1-2,5-6,9-12,17H2,(H,18,19). The number of carbonyl (C=O) groups is 1. The van der Waals surface area contributed by atoms with E-state index in [9.17, 15) is 4.79 Å². The van der Waals surface area contributed by atoms with Crippen LogP contribution in [0.4, 0.5) is 0 Å². The van der Waals surface area contributed by atoms with Crippen LogP contribution in [0.5, 0.6) is 0 Å². The molecule has 0 atom stereocenters. The summed E-state index contributed by atoms with van der Waals surface area (Å²) in [6.07, 6.45) is 7.26. The molecule has 19 heavy (non-hydrogen) atoms. The van der Waals surface area contributed by atoms with Gasteiger partial charge in [0.05, 0.1) is 0 Å². The summed E-state index contributed by atoms with van der Waals surface area (Å²) in [5, 5.41) is 3.04. The average molecular weight is 260 g/mol. The summed E-state index contributed by atoms with van der Waals surface area (Å²) in [4.78, 5) is 12.2. The van der Waals surface area contributed by atoms with Crippen LogP contribution in [0.2, 0.25) is 0 Å². The third-order valence-corrected chi connectivity index (χ3v) is 3.99. The normalized spacial score (nSPS) is 15.6. The molecule has 2 rings (SSSR count). The van der Waals surface area contributed by atoms with E-state index in [1.807, 2.05) is 24.3 Å². The van der Waals surface area contributed by atoms with Gasteiger partial charge in [-0.1, -0.05) is 43.9 Å². The summed E-state index contributed by atoms with van der Waals surface area (Å²) in [6, 6.07) is 7.74. The lowest BCUT2D eigenvalue weighted by Crippen LogP contribution is -2.27. The first kappa shape index (κ1) is 14.1. The van der Waals surface area contributed by atoms with Gasteiger partial charge in [0.1, 0.15) is 0 Å². The third-order valence-electron chi connectivity index (χ3n) is 3.99. The van der Waals surface area contributed by atoms with E-state index in [1.165, 1.54) is 25.7 Å². The zero-order valence-electron chi connectivity index (χ0n) is 11.5. The molecule has 1 aliphatic rings. The Labute approximate surface area is 115 Å². The Balaban J connectivity index is 1.84. The van der Waals surface area contributed by atoms with Gasteiger partial charge in [-0.25, -0.2) is 0 Å². The maximum Gasteiger partial charge on any atom is 0.251 e. The van der Waals surface area contributed by atoms with E-state index in [0.717, 1.165) is 36.4 Å².